The van der Waals surface area contributed by atoms with E-state index in [1.54, 1.807) is 12.1 Å². The van der Waals surface area contributed by atoms with E-state index < -0.39 is 0 Å². The Morgan fingerprint density at radius 2 is 2.25 bits per heavy atom. The highest BCUT2D eigenvalue weighted by molar-refractivity contribution is 5.68. The van der Waals surface area contributed by atoms with Crippen LogP contribution in [0.5, 0.6) is 0 Å². The standard InChI is InChI=1S/C13H17N3/c1-13(5-2-6-13)9-16-12-7-10(8-14)3-4-11(12)15/h3-4,7,16H,2,5-6,9,15H2,1H3. The predicted molar refractivity (Wildman–Crippen MR) is 66.0 cm³/mol. The third kappa shape index (κ3) is 2.11. The van der Waals surface area contributed by atoms with Gasteiger partial charge in [0.2, 0.25) is 0 Å². The Labute approximate surface area is 96.3 Å². The van der Waals surface area contributed by atoms with Gasteiger partial charge in [-0.25, -0.2) is 0 Å². The number of anilines is 2. The van der Waals surface area contributed by atoms with Gasteiger partial charge in [-0.2, -0.15) is 5.26 Å². The highest BCUT2D eigenvalue weighted by Gasteiger charge is 2.31. The van der Waals surface area contributed by atoms with E-state index >= 15 is 0 Å². The van der Waals surface area contributed by atoms with Crippen molar-refractivity contribution in [2.24, 2.45) is 5.41 Å². The summed E-state index contributed by atoms with van der Waals surface area (Å²) in [5.74, 6) is 0. The van der Waals surface area contributed by atoms with Gasteiger partial charge in [-0.3, -0.25) is 0 Å². The lowest BCUT2D eigenvalue weighted by atomic mass is 9.70. The van der Waals surface area contributed by atoms with E-state index in [-0.39, 0.29) is 0 Å². The molecule has 1 aliphatic carbocycles. The molecule has 1 aromatic rings. The Hall–Kier alpha value is -1.69. The SMILES string of the molecule is CC1(CNc2cc(C#N)ccc2N)CCC1. The van der Waals surface area contributed by atoms with Gasteiger partial charge in [0.15, 0.2) is 0 Å². The van der Waals surface area contributed by atoms with Gasteiger partial charge in [-0.05, 0) is 36.5 Å². The summed E-state index contributed by atoms with van der Waals surface area (Å²) in [4.78, 5) is 0. The van der Waals surface area contributed by atoms with Crippen molar-refractivity contribution in [3.8, 4) is 6.07 Å². The fourth-order valence-corrected chi connectivity index (χ4v) is 2.04. The molecule has 0 unspecified atom stereocenters. The highest BCUT2D eigenvalue weighted by Crippen LogP contribution is 2.40. The molecule has 0 bridgehead atoms. The summed E-state index contributed by atoms with van der Waals surface area (Å²) in [6.45, 7) is 3.22. The molecule has 0 saturated heterocycles. The predicted octanol–water partition coefficient (Wildman–Crippen LogP) is 2.74. The average molecular weight is 215 g/mol. The molecule has 0 aromatic heterocycles. The lowest BCUT2D eigenvalue weighted by Gasteiger charge is -2.38. The summed E-state index contributed by atoms with van der Waals surface area (Å²) in [6.07, 6.45) is 3.88. The van der Waals surface area contributed by atoms with Crippen molar-refractivity contribution >= 4 is 11.4 Å². The van der Waals surface area contributed by atoms with Crippen molar-refractivity contribution in [3.63, 3.8) is 0 Å². The highest BCUT2D eigenvalue weighted by atomic mass is 14.9. The largest absolute Gasteiger partial charge is 0.397 e. The van der Waals surface area contributed by atoms with Crippen LogP contribution in [0.3, 0.4) is 0 Å². The lowest BCUT2D eigenvalue weighted by molar-refractivity contribution is 0.180. The topological polar surface area (TPSA) is 61.8 Å². The first-order valence-corrected chi connectivity index (χ1v) is 5.66. The summed E-state index contributed by atoms with van der Waals surface area (Å²) >= 11 is 0. The zero-order chi connectivity index (χ0) is 11.6. The zero-order valence-electron chi connectivity index (χ0n) is 9.59. The Morgan fingerprint density at radius 1 is 1.50 bits per heavy atom. The Bertz CT molecular complexity index is 427. The quantitative estimate of drug-likeness (QED) is 0.762. The second-order valence-electron chi connectivity index (χ2n) is 4.93. The summed E-state index contributed by atoms with van der Waals surface area (Å²) < 4.78 is 0. The maximum atomic E-state index is 8.82. The number of benzene rings is 1. The summed E-state index contributed by atoms with van der Waals surface area (Å²) in [6, 6.07) is 7.46. The molecular formula is C13H17N3. The Morgan fingerprint density at radius 3 is 2.81 bits per heavy atom. The minimum absolute atomic E-state index is 0.412. The van der Waals surface area contributed by atoms with Crippen LogP contribution >= 0.6 is 0 Å². The molecule has 3 nitrogen and oxygen atoms in total. The van der Waals surface area contributed by atoms with Crippen LogP contribution in [0.4, 0.5) is 11.4 Å². The van der Waals surface area contributed by atoms with Crippen molar-refractivity contribution in [3.05, 3.63) is 23.8 Å². The molecule has 0 spiro atoms. The first-order valence-electron chi connectivity index (χ1n) is 5.66. The van der Waals surface area contributed by atoms with Crippen LogP contribution in [0.1, 0.15) is 31.7 Å². The maximum Gasteiger partial charge on any atom is 0.0992 e. The summed E-state index contributed by atoms with van der Waals surface area (Å²) in [5, 5.41) is 12.2. The van der Waals surface area contributed by atoms with Crippen LogP contribution in [0.25, 0.3) is 0 Å². The molecule has 1 fully saturated rings. The summed E-state index contributed by atoms with van der Waals surface area (Å²) in [7, 11) is 0. The molecule has 0 atom stereocenters. The Balaban J connectivity index is 2.06. The fourth-order valence-electron chi connectivity index (χ4n) is 2.04. The van der Waals surface area contributed by atoms with Crippen LogP contribution in [0, 0.1) is 16.7 Å². The number of hydrogen-bond acceptors (Lipinski definition) is 3. The second-order valence-corrected chi connectivity index (χ2v) is 4.93. The molecule has 1 aliphatic rings. The van der Waals surface area contributed by atoms with Gasteiger partial charge in [0, 0.05) is 6.54 Å². The molecule has 0 amide bonds. The molecule has 1 saturated carbocycles. The lowest BCUT2D eigenvalue weighted by Crippen LogP contribution is -2.33. The van der Waals surface area contributed by atoms with Gasteiger partial charge in [0.25, 0.3) is 0 Å². The van der Waals surface area contributed by atoms with E-state index in [1.165, 1.54) is 19.3 Å². The monoisotopic (exact) mass is 215 g/mol. The number of nitriles is 1. The van der Waals surface area contributed by atoms with Gasteiger partial charge in [0.1, 0.15) is 0 Å². The smallest absolute Gasteiger partial charge is 0.0992 e. The average Bonchev–Trinajstić information content (AvgIpc) is 2.25. The summed E-state index contributed by atoms with van der Waals surface area (Å²) in [5.41, 5.74) is 8.51. The first-order chi connectivity index (χ1) is 7.63. The Kier molecular flexibility index (Phi) is 2.74. The van der Waals surface area contributed by atoms with Crippen molar-refractivity contribution in [1.29, 1.82) is 5.26 Å². The molecule has 1 aromatic carbocycles. The molecular weight excluding hydrogens is 198 g/mol. The molecule has 84 valence electrons. The zero-order valence-corrected chi connectivity index (χ0v) is 9.59. The molecule has 16 heavy (non-hydrogen) atoms. The third-order valence-electron chi connectivity index (χ3n) is 3.45. The number of nitrogens with zero attached hydrogens (tertiary/aromatic N) is 1. The van der Waals surface area contributed by atoms with E-state index in [4.69, 9.17) is 11.0 Å². The molecule has 0 radical (unpaired) electrons. The minimum atomic E-state index is 0.412. The maximum absolute atomic E-state index is 8.82. The van der Waals surface area contributed by atoms with Crippen LogP contribution < -0.4 is 11.1 Å². The first kappa shape index (κ1) is 10.8. The van der Waals surface area contributed by atoms with Crippen LogP contribution in [0.2, 0.25) is 0 Å². The molecule has 3 heteroatoms. The van der Waals surface area contributed by atoms with Gasteiger partial charge >= 0.3 is 0 Å². The van der Waals surface area contributed by atoms with Gasteiger partial charge in [-0.1, -0.05) is 13.3 Å². The molecule has 0 heterocycles. The van der Waals surface area contributed by atoms with Crippen molar-refractivity contribution in [2.75, 3.05) is 17.6 Å². The van der Waals surface area contributed by atoms with E-state index in [1.807, 2.05) is 6.07 Å². The number of rotatable bonds is 3. The van der Waals surface area contributed by atoms with E-state index in [0.717, 1.165) is 12.2 Å². The van der Waals surface area contributed by atoms with Crippen molar-refractivity contribution in [1.82, 2.24) is 0 Å². The van der Waals surface area contributed by atoms with Crippen molar-refractivity contribution in [2.45, 2.75) is 26.2 Å². The van der Waals surface area contributed by atoms with Crippen LogP contribution in [0.15, 0.2) is 18.2 Å². The minimum Gasteiger partial charge on any atom is -0.397 e. The molecule has 3 N–H and O–H groups in total. The van der Waals surface area contributed by atoms with Crippen LogP contribution in [-0.2, 0) is 0 Å². The number of hydrogen-bond donors (Lipinski definition) is 2. The van der Waals surface area contributed by atoms with E-state index in [0.29, 0.717) is 16.7 Å². The third-order valence-corrected chi connectivity index (χ3v) is 3.45. The molecule has 2 rings (SSSR count). The molecule has 0 aliphatic heterocycles. The number of nitrogens with one attached hydrogen (secondary N) is 1. The van der Waals surface area contributed by atoms with E-state index in [9.17, 15) is 0 Å². The van der Waals surface area contributed by atoms with E-state index in [2.05, 4.69) is 18.3 Å². The van der Waals surface area contributed by atoms with Crippen LogP contribution in [-0.4, -0.2) is 6.54 Å². The fraction of sp³-hybridized carbons (Fsp3) is 0.462. The van der Waals surface area contributed by atoms with Gasteiger partial charge in [0.05, 0.1) is 23.0 Å². The normalized spacial score (nSPS) is 17.2. The van der Waals surface area contributed by atoms with Gasteiger partial charge < -0.3 is 11.1 Å². The second kappa shape index (κ2) is 4.05. The van der Waals surface area contributed by atoms with Gasteiger partial charge in [-0.15, -0.1) is 0 Å². The van der Waals surface area contributed by atoms with Crippen molar-refractivity contribution < 1.29 is 0 Å². The number of nitrogens with two attached hydrogens (primary N) is 1. The number of nitrogen functional groups attached to an aromatic ring is 1.